The Labute approximate surface area is 260 Å². The smallest absolute Gasteiger partial charge is 0.410 e. The molecule has 0 aromatic heterocycles. The highest BCUT2D eigenvalue weighted by atomic mass is 16.6. The largest absolute Gasteiger partial charge is 0.469 e. The second-order valence-corrected chi connectivity index (χ2v) is 13.1. The highest BCUT2D eigenvalue weighted by molar-refractivity contribution is 5.78. The quantitative estimate of drug-likeness (QED) is 0.324. The van der Waals surface area contributed by atoms with Gasteiger partial charge >= 0.3 is 24.1 Å². The Kier molecular flexibility index (Phi) is 11.4. The number of esters is 2. The summed E-state index contributed by atoms with van der Waals surface area (Å²) in [6, 6.07) is 19.5. The molecule has 240 valence electrons. The van der Waals surface area contributed by atoms with Gasteiger partial charge in [0.15, 0.2) is 0 Å². The third kappa shape index (κ3) is 9.46. The molecule has 2 aliphatic heterocycles. The van der Waals surface area contributed by atoms with Crippen LogP contribution in [0.4, 0.5) is 9.59 Å². The van der Waals surface area contributed by atoms with Crippen LogP contribution < -0.4 is 0 Å². The zero-order valence-corrected chi connectivity index (χ0v) is 27.1. The van der Waals surface area contributed by atoms with E-state index in [-0.39, 0.29) is 47.8 Å². The summed E-state index contributed by atoms with van der Waals surface area (Å²) < 4.78 is 20.6. The molecule has 4 atom stereocenters. The van der Waals surface area contributed by atoms with Gasteiger partial charge < -0.3 is 28.7 Å². The Morgan fingerprint density at radius 1 is 0.568 bits per heavy atom. The molecule has 2 heterocycles. The van der Waals surface area contributed by atoms with Crippen molar-refractivity contribution < 1.29 is 38.1 Å². The van der Waals surface area contributed by atoms with E-state index >= 15 is 0 Å². The molecule has 10 nitrogen and oxygen atoms in total. The fourth-order valence-electron chi connectivity index (χ4n) is 5.42. The third-order valence-corrected chi connectivity index (χ3v) is 7.41. The van der Waals surface area contributed by atoms with Gasteiger partial charge in [0.2, 0.25) is 0 Å². The molecule has 2 aromatic carbocycles. The first-order chi connectivity index (χ1) is 20.6. The Morgan fingerprint density at radius 3 is 1.16 bits per heavy atom. The number of amides is 2. The zero-order chi connectivity index (χ0) is 32.7. The maximum Gasteiger partial charge on any atom is 0.410 e. The molecule has 2 fully saturated rings. The minimum absolute atomic E-state index is 0.0684. The van der Waals surface area contributed by atoms with Gasteiger partial charge in [0.25, 0.3) is 0 Å². The van der Waals surface area contributed by atoms with Gasteiger partial charge in [-0.15, -0.1) is 0 Å². The normalized spacial score (nSPS) is 21.5. The van der Waals surface area contributed by atoms with E-state index in [0.29, 0.717) is 26.2 Å². The Balaban J connectivity index is 0.000000240. The fraction of sp³-hybridized carbons (Fsp3) is 0.529. The first-order valence-electron chi connectivity index (χ1n) is 14.8. The number of rotatable bonds is 4. The fourth-order valence-corrected chi connectivity index (χ4v) is 5.42. The number of benzene rings is 2. The van der Waals surface area contributed by atoms with E-state index in [0.717, 1.165) is 11.1 Å². The first-order valence-corrected chi connectivity index (χ1v) is 14.8. The van der Waals surface area contributed by atoms with Crippen molar-refractivity contribution in [3.8, 4) is 0 Å². The summed E-state index contributed by atoms with van der Waals surface area (Å²) in [5.74, 6) is -1.44. The lowest BCUT2D eigenvalue weighted by atomic mass is 9.89. The van der Waals surface area contributed by atoms with Crippen molar-refractivity contribution in [3.63, 3.8) is 0 Å². The van der Waals surface area contributed by atoms with E-state index in [4.69, 9.17) is 18.9 Å². The molecule has 10 heteroatoms. The van der Waals surface area contributed by atoms with Crippen LogP contribution in [0.2, 0.25) is 0 Å². The lowest BCUT2D eigenvalue weighted by molar-refractivity contribution is -0.146. The summed E-state index contributed by atoms with van der Waals surface area (Å²) >= 11 is 0. The van der Waals surface area contributed by atoms with Gasteiger partial charge in [0.05, 0.1) is 26.1 Å². The summed E-state index contributed by atoms with van der Waals surface area (Å²) in [6.45, 7) is 12.5. The molecule has 0 bridgehead atoms. The number of hydrogen-bond donors (Lipinski definition) is 0. The Bertz CT molecular complexity index is 1170. The van der Waals surface area contributed by atoms with Gasteiger partial charge in [-0.2, -0.15) is 0 Å². The highest BCUT2D eigenvalue weighted by Crippen LogP contribution is 2.35. The number of hydrogen-bond acceptors (Lipinski definition) is 8. The molecule has 0 unspecified atom stereocenters. The van der Waals surface area contributed by atoms with Crippen molar-refractivity contribution >= 4 is 24.1 Å². The highest BCUT2D eigenvalue weighted by Gasteiger charge is 2.43. The molecule has 2 aromatic rings. The third-order valence-electron chi connectivity index (χ3n) is 7.41. The minimum Gasteiger partial charge on any atom is -0.469 e. The molecular weight excluding hydrogens is 564 g/mol. The average molecular weight is 611 g/mol. The second-order valence-electron chi connectivity index (χ2n) is 13.1. The van der Waals surface area contributed by atoms with Gasteiger partial charge in [-0.25, -0.2) is 9.59 Å². The van der Waals surface area contributed by atoms with Crippen LogP contribution in [0.1, 0.15) is 64.5 Å². The lowest BCUT2D eigenvalue weighted by Gasteiger charge is -2.24. The number of nitrogens with zero attached hydrogens (tertiary/aromatic N) is 2. The Morgan fingerprint density at radius 2 is 0.886 bits per heavy atom. The van der Waals surface area contributed by atoms with Crippen LogP contribution in [0.5, 0.6) is 0 Å². The van der Waals surface area contributed by atoms with E-state index < -0.39 is 11.2 Å². The van der Waals surface area contributed by atoms with Gasteiger partial charge in [-0.3, -0.25) is 9.59 Å². The topological polar surface area (TPSA) is 112 Å². The predicted molar refractivity (Wildman–Crippen MR) is 165 cm³/mol. The van der Waals surface area contributed by atoms with E-state index in [2.05, 4.69) is 0 Å². The van der Waals surface area contributed by atoms with Crippen molar-refractivity contribution in [3.05, 3.63) is 71.8 Å². The summed E-state index contributed by atoms with van der Waals surface area (Å²) in [5, 5.41) is 0. The number of carbonyl (C=O) groups is 4. The van der Waals surface area contributed by atoms with Crippen LogP contribution in [-0.4, -0.2) is 85.5 Å². The lowest BCUT2D eigenvalue weighted by Crippen LogP contribution is -2.36. The molecule has 2 aliphatic rings. The predicted octanol–water partition coefficient (Wildman–Crippen LogP) is 5.62. The van der Waals surface area contributed by atoms with Crippen LogP contribution >= 0.6 is 0 Å². The summed E-state index contributed by atoms with van der Waals surface area (Å²) in [6.07, 6.45) is -0.778. The van der Waals surface area contributed by atoms with Gasteiger partial charge in [0.1, 0.15) is 11.2 Å². The van der Waals surface area contributed by atoms with Crippen molar-refractivity contribution in [1.29, 1.82) is 0 Å². The zero-order valence-electron chi connectivity index (χ0n) is 27.1. The molecule has 44 heavy (non-hydrogen) atoms. The molecule has 0 N–H and O–H groups in total. The van der Waals surface area contributed by atoms with Crippen LogP contribution in [0.15, 0.2) is 60.7 Å². The summed E-state index contributed by atoms with van der Waals surface area (Å²) in [4.78, 5) is 51.8. The monoisotopic (exact) mass is 610 g/mol. The maximum absolute atomic E-state index is 12.2. The number of likely N-dealkylation sites (tertiary alicyclic amines) is 2. The molecule has 0 spiro atoms. The van der Waals surface area contributed by atoms with E-state index in [9.17, 15) is 19.2 Å². The SMILES string of the molecule is COC(=O)[C@@H]1CN(C(=O)OC(C)(C)C)C[C@H]1c1ccccc1.COC(=O)[C@H]1CN(C(=O)OC(C)(C)C)C[C@@H]1c1ccccc1. The van der Waals surface area contributed by atoms with Gasteiger partial charge in [0, 0.05) is 38.0 Å². The van der Waals surface area contributed by atoms with Crippen molar-refractivity contribution in [2.24, 2.45) is 11.8 Å². The maximum atomic E-state index is 12.2. The van der Waals surface area contributed by atoms with E-state index in [1.54, 1.807) is 9.80 Å². The van der Waals surface area contributed by atoms with Crippen LogP contribution in [0.25, 0.3) is 0 Å². The molecule has 0 aliphatic carbocycles. The minimum atomic E-state index is -0.553. The molecule has 0 radical (unpaired) electrons. The van der Waals surface area contributed by atoms with Crippen molar-refractivity contribution in [2.75, 3.05) is 40.4 Å². The molecule has 4 rings (SSSR count). The van der Waals surface area contributed by atoms with Crippen LogP contribution in [0.3, 0.4) is 0 Å². The average Bonchev–Trinajstić information content (AvgIpc) is 3.62. The molecular formula is C34H46N2O8. The van der Waals surface area contributed by atoms with Crippen molar-refractivity contribution in [1.82, 2.24) is 9.80 Å². The number of ether oxygens (including phenoxy) is 4. The number of carbonyl (C=O) groups excluding carboxylic acids is 4. The van der Waals surface area contributed by atoms with E-state index in [1.807, 2.05) is 102 Å². The molecule has 2 saturated heterocycles. The van der Waals surface area contributed by atoms with Gasteiger partial charge in [-0.1, -0.05) is 60.7 Å². The van der Waals surface area contributed by atoms with Crippen molar-refractivity contribution in [2.45, 2.75) is 64.6 Å². The van der Waals surface area contributed by atoms with Gasteiger partial charge in [-0.05, 0) is 52.7 Å². The van der Waals surface area contributed by atoms with Crippen LogP contribution in [0, 0.1) is 11.8 Å². The van der Waals surface area contributed by atoms with Crippen LogP contribution in [-0.2, 0) is 28.5 Å². The Hall–Kier alpha value is -4.08. The van der Waals surface area contributed by atoms with E-state index in [1.165, 1.54) is 14.2 Å². The summed E-state index contributed by atoms with van der Waals surface area (Å²) in [5.41, 5.74) is 0.957. The summed E-state index contributed by atoms with van der Waals surface area (Å²) in [7, 11) is 2.75. The first kappa shape index (κ1) is 34.4. The number of methoxy groups -OCH3 is 2. The molecule has 0 saturated carbocycles. The molecule has 2 amide bonds. The standard InChI is InChI=1S/2C17H23NO4/c2*1-17(2,3)22-16(20)18-10-13(12-8-6-5-7-9-12)14(11-18)15(19)21-4/h2*5-9,13-14H,10-11H2,1-4H3/t2*13-,14+/m10/s1. The second kappa shape index (κ2) is 14.6.